The summed E-state index contributed by atoms with van der Waals surface area (Å²) in [6, 6.07) is 5.14. The molecule has 1 aliphatic heterocycles. The molecule has 2 aromatic rings. The summed E-state index contributed by atoms with van der Waals surface area (Å²) in [7, 11) is 1.59. The predicted octanol–water partition coefficient (Wildman–Crippen LogP) is 1.22. The summed E-state index contributed by atoms with van der Waals surface area (Å²) in [6.07, 6.45) is 0.250. The van der Waals surface area contributed by atoms with E-state index in [1.54, 1.807) is 11.9 Å². The Morgan fingerprint density at radius 3 is 2.96 bits per heavy atom. The van der Waals surface area contributed by atoms with E-state index in [1.807, 2.05) is 25.1 Å². The van der Waals surface area contributed by atoms with E-state index in [4.69, 9.17) is 11.6 Å². The minimum Gasteiger partial charge on any atom is -0.358 e. The Labute approximate surface area is 145 Å². The molecule has 0 radical (unpaired) electrons. The number of aryl methyl sites for hydroxylation is 1. The molecule has 24 heavy (non-hydrogen) atoms. The van der Waals surface area contributed by atoms with Crippen molar-refractivity contribution in [2.75, 3.05) is 26.7 Å². The van der Waals surface area contributed by atoms with Crippen molar-refractivity contribution in [1.29, 1.82) is 0 Å². The summed E-state index contributed by atoms with van der Waals surface area (Å²) in [5, 5.41) is 7.39. The Kier molecular flexibility index (Phi) is 4.78. The Balaban J connectivity index is 1.87. The number of carbonyl (C=O) groups excluding carboxylic acids is 2. The molecule has 1 aromatic carbocycles. The van der Waals surface area contributed by atoms with Gasteiger partial charge in [-0.1, -0.05) is 11.6 Å². The lowest BCUT2D eigenvalue weighted by molar-refractivity contribution is -0.140. The number of aromatic nitrogens is 1. The molecule has 3 rings (SSSR count). The summed E-state index contributed by atoms with van der Waals surface area (Å²) in [6.45, 7) is 3.64. The quantitative estimate of drug-likeness (QED) is 0.780. The third kappa shape index (κ3) is 3.12. The van der Waals surface area contributed by atoms with Gasteiger partial charge in [-0.25, -0.2) is 0 Å². The van der Waals surface area contributed by atoms with Gasteiger partial charge in [-0.3, -0.25) is 9.59 Å². The van der Waals surface area contributed by atoms with E-state index in [2.05, 4.69) is 15.6 Å². The molecule has 6 nitrogen and oxygen atoms in total. The molecule has 1 aromatic heterocycles. The number of likely N-dealkylation sites (N-methyl/N-ethyl adjacent to an activating group) is 1. The van der Waals surface area contributed by atoms with Crippen LogP contribution < -0.4 is 10.6 Å². The minimum absolute atomic E-state index is 0.0472. The Morgan fingerprint density at radius 2 is 2.21 bits per heavy atom. The number of halogens is 1. The SMILES string of the molecule is CNC(=O)C1CNCCN1C(=O)Cc1c(C)[nH]c2ccc(Cl)cc12. The van der Waals surface area contributed by atoms with Gasteiger partial charge in [0.25, 0.3) is 0 Å². The van der Waals surface area contributed by atoms with Gasteiger partial charge in [-0.15, -0.1) is 0 Å². The van der Waals surface area contributed by atoms with E-state index in [0.29, 0.717) is 24.7 Å². The maximum atomic E-state index is 12.8. The van der Waals surface area contributed by atoms with Crippen LogP contribution in [0.3, 0.4) is 0 Å². The van der Waals surface area contributed by atoms with E-state index in [0.717, 1.165) is 22.2 Å². The first-order valence-corrected chi connectivity index (χ1v) is 8.37. The highest BCUT2D eigenvalue weighted by Crippen LogP contribution is 2.26. The molecule has 0 bridgehead atoms. The van der Waals surface area contributed by atoms with E-state index < -0.39 is 6.04 Å². The summed E-state index contributed by atoms with van der Waals surface area (Å²) in [5.41, 5.74) is 2.85. The maximum absolute atomic E-state index is 12.8. The second-order valence-electron chi connectivity index (χ2n) is 6.02. The molecule has 7 heteroatoms. The lowest BCUT2D eigenvalue weighted by atomic mass is 10.1. The van der Waals surface area contributed by atoms with Gasteiger partial charge in [0.2, 0.25) is 11.8 Å². The van der Waals surface area contributed by atoms with Crippen LogP contribution in [0.15, 0.2) is 18.2 Å². The van der Waals surface area contributed by atoms with Crippen molar-refractivity contribution in [3.8, 4) is 0 Å². The van der Waals surface area contributed by atoms with Crippen molar-refractivity contribution in [2.24, 2.45) is 0 Å². The fourth-order valence-corrected chi connectivity index (χ4v) is 3.41. The number of fused-ring (bicyclic) bond motifs is 1. The maximum Gasteiger partial charge on any atom is 0.243 e. The highest BCUT2D eigenvalue weighted by molar-refractivity contribution is 6.31. The molecule has 1 atom stereocenters. The highest BCUT2D eigenvalue weighted by atomic mass is 35.5. The third-order valence-electron chi connectivity index (χ3n) is 4.52. The normalized spacial score (nSPS) is 18.0. The van der Waals surface area contributed by atoms with Gasteiger partial charge < -0.3 is 20.5 Å². The van der Waals surface area contributed by atoms with Crippen molar-refractivity contribution in [1.82, 2.24) is 20.5 Å². The van der Waals surface area contributed by atoms with Crippen LogP contribution in [0.4, 0.5) is 0 Å². The van der Waals surface area contributed by atoms with Gasteiger partial charge in [0.15, 0.2) is 0 Å². The Morgan fingerprint density at radius 1 is 1.42 bits per heavy atom. The van der Waals surface area contributed by atoms with E-state index in [9.17, 15) is 9.59 Å². The zero-order chi connectivity index (χ0) is 17.3. The molecule has 1 fully saturated rings. The van der Waals surface area contributed by atoms with Crippen molar-refractivity contribution in [3.63, 3.8) is 0 Å². The second kappa shape index (κ2) is 6.83. The molecule has 1 saturated heterocycles. The zero-order valence-corrected chi connectivity index (χ0v) is 14.5. The smallest absolute Gasteiger partial charge is 0.243 e. The topological polar surface area (TPSA) is 77.2 Å². The number of rotatable bonds is 3. The molecule has 128 valence electrons. The van der Waals surface area contributed by atoms with Gasteiger partial charge in [0.05, 0.1) is 6.42 Å². The van der Waals surface area contributed by atoms with E-state index in [1.165, 1.54) is 0 Å². The lowest BCUT2D eigenvalue weighted by Gasteiger charge is -2.35. The molecule has 2 heterocycles. The number of piperazine rings is 1. The largest absolute Gasteiger partial charge is 0.358 e. The highest BCUT2D eigenvalue weighted by Gasteiger charge is 2.31. The van der Waals surface area contributed by atoms with Gasteiger partial charge in [0, 0.05) is 48.3 Å². The molecule has 3 N–H and O–H groups in total. The molecule has 0 saturated carbocycles. The summed E-state index contributed by atoms with van der Waals surface area (Å²) in [5.74, 6) is -0.191. The molecule has 1 aliphatic rings. The zero-order valence-electron chi connectivity index (χ0n) is 13.8. The number of benzene rings is 1. The van der Waals surface area contributed by atoms with Crippen LogP contribution in [0.5, 0.6) is 0 Å². The predicted molar refractivity (Wildman–Crippen MR) is 94.2 cm³/mol. The van der Waals surface area contributed by atoms with E-state index >= 15 is 0 Å². The fourth-order valence-electron chi connectivity index (χ4n) is 3.24. The average Bonchev–Trinajstić information content (AvgIpc) is 2.89. The Bertz CT molecular complexity index is 786. The number of hydrogen-bond donors (Lipinski definition) is 3. The van der Waals surface area contributed by atoms with Crippen molar-refractivity contribution >= 4 is 34.3 Å². The molecule has 0 spiro atoms. The van der Waals surface area contributed by atoms with Crippen LogP contribution >= 0.6 is 11.6 Å². The summed E-state index contributed by atoms with van der Waals surface area (Å²) < 4.78 is 0. The summed E-state index contributed by atoms with van der Waals surface area (Å²) >= 11 is 6.10. The molecule has 2 amide bonds. The molecule has 1 unspecified atom stereocenters. The fraction of sp³-hybridized carbons (Fsp3) is 0.412. The lowest BCUT2D eigenvalue weighted by Crippen LogP contribution is -2.59. The van der Waals surface area contributed by atoms with Crippen LogP contribution in [0.2, 0.25) is 5.02 Å². The van der Waals surface area contributed by atoms with Crippen LogP contribution in [-0.2, 0) is 16.0 Å². The number of nitrogens with one attached hydrogen (secondary N) is 3. The first-order valence-electron chi connectivity index (χ1n) is 7.99. The van der Waals surface area contributed by atoms with Crippen molar-refractivity contribution < 1.29 is 9.59 Å². The van der Waals surface area contributed by atoms with Gasteiger partial charge in [0.1, 0.15) is 6.04 Å². The number of aromatic amines is 1. The Hall–Kier alpha value is -2.05. The van der Waals surface area contributed by atoms with Crippen LogP contribution in [0, 0.1) is 6.92 Å². The summed E-state index contributed by atoms with van der Waals surface area (Å²) in [4.78, 5) is 29.8. The number of carbonyl (C=O) groups is 2. The van der Waals surface area contributed by atoms with Crippen LogP contribution in [0.1, 0.15) is 11.3 Å². The third-order valence-corrected chi connectivity index (χ3v) is 4.76. The van der Waals surface area contributed by atoms with Gasteiger partial charge in [-0.05, 0) is 30.7 Å². The molecular weight excluding hydrogens is 328 g/mol. The van der Waals surface area contributed by atoms with Crippen molar-refractivity contribution in [2.45, 2.75) is 19.4 Å². The standard InChI is InChI=1S/C17H21ClN4O2/c1-10-12(13-7-11(18)3-4-14(13)21-10)8-16(23)22-6-5-20-9-15(22)17(24)19-2/h3-4,7,15,20-21H,5-6,8-9H2,1-2H3,(H,19,24). The molecular formula is C17H21ClN4O2. The van der Waals surface area contributed by atoms with Crippen LogP contribution in [-0.4, -0.2) is 54.4 Å². The first-order chi connectivity index (χ1) is 11.5. The van der Waals surface area contributed by atoms with Gasteiger partial charge >= 0.3 is 0 Å². The second-order valence-corrected chi connectivity index (χ2v) is 6.45. The number of nitrogens with zero attached hydrogens (tertiary/aromatic N) is 1. The van der Waals surface area contributed by atoms with E-state index in [-0.39, 0.29) is 18.2 Å². The van der Waals surface area contributed by atoms with Crippen LogP contribution in [0.25, 0.3) is 10.9 Å². The molecule has 0 aliphatic carbocycles. The first kappa shape index (κ1) is 16.8. The number of amides is 2. The minimum atomic E-state index is -0.467. The number of hydrogen-bond acceptors (Lipinski definition) is 3. The van der Waals surface area contributed by atoms with Gasteiger partial charge in [-0.2, -0.15) is 0 Å². The average molecular weight is 349 g/mol. The monoisotopic (exact) mass is 348 g/mol. The number of H-pyrrole nitrogens is 1. The van der Waals surface area contributed by atoms with Crippen molar-refractivity contribution in [3.05, 3.63) is 34.5 Å².